The van der Waals surface area contributed by atoms with Crippen LogP contribution in [0.2, 0.25) is 0 Å². The maximum absolute atomic E-state index is 12.9. The molecule has 3 rings (SSSR count). The van der Waals surface area contributed by atoms with Gasteiger partial charge in [-0.3, -0.25) is 4.57 Å². The minimum absolute atomic E-state index is 0.0378. The molecule has 1 unspecified atom stereocenters. The first-order valence-electron chi connectivity index (χ1n) is 7.97. The Morgan fingerprint density at radius 2 is 1.96 bits per heavy atom. The summed E-state index contributed by atoms with van der Waals surface area (Å²) in [6.45, 7) is -0.522. The number of hydrogen-bond donors (Lipinski definition) is 5. The number of anilines is 1. The third kappa shape index (κ3) is 4.13. The zero-order valence-corrected chi connectivity index (χ0v) is 13.8. The number of aromatic nitrogens is 2. The van der Waals surface area contributed by atoms with Crippen LogP contribution in [-0.4, -0.2) is 54.9 Å². The third-order valence-corrected chi connectivity index (χ3v) is 4.05. The molecule has 1 aliphatic rings. The molecule has 1 aromatic heterocycles. The summed E-state index contributed by atoms with van der Waals surface area (Å²) in [5.74, 6) is -0.502. The van der Waals surface area contributed by atoms with Crippen LogP contribution in [0.4, 0.5) is 10.2 Å². The smallest absolute Gasteiger partial charge is 0.351 e. The number of benzene rings is 1. The van der Waals surface area contributed by atoms with Gasteiger partial charge in [0, 0.05) is 11.8 Å². The van der Waals surface area contributed by atoms with Crippen molar-refractivity contribution in [3.63, 3.8) is 0 Å². The third-order valence-electron chi connectivity index (χ3n) is 4.05. The van der Waals surface area contributed by atoms with E-state index in [-0.39, 0.29) is 11.4 Å². The van der Waals surface area contributed by atoms with Crippen molar-refractivity contribution in [2.75, 3.05) is 12.1 Å². The minimum atomic E-state index is -1.43. The molecule has 27 heavy (non-hydrogen) atoms. The Kier molecular flexibility index (Phi) is 5.79. The second kappa shape index (κ2) is 8.08. The van der Waals surface area contributed by atoms with Crippen molar-refractivity contribution in [3.05, 3.63) is 58.4 Å². The van der Waals surface area contributed by atoms with Crippen molar-refractivity contribution < 1.29 is 34.4 Å². The standard InChI is InChI=1S/C16H18FN3O7/c17-9-3-1-8(2-4-9)15(24)27-19-11-5-6-20(16(25)18-11)14-13(23)12(22)10(7-21)26-14/h1-6,10,12-15,21-24H,7H2,(H,18,19,25)/t10-,12-,13-,14-,15?/m1/s1. The van der Waals surface area contributed by atoms with Gasteiger partial charge in [0.05, 0.1) is 6.61 Å². The maximum atomic E-state index is 12.9. The summed E-state index contributed by atoms with van der Waals surface area (Å²) in [5.41, 5.74) is 1.75. The van der Waals surface area contributed by atoms with Gasteiger partial charge >= 0.3 is 5.69 Å². The number of nitrogens with zero attached hydrogens (tertiary/aromatic N) is 2. The summed E-state index contributed by atoms with van der Waals surface area (Å²) in [6, 6.07) is 6.28. The topological polar surface area (TPSA) is 146 Å². The molecule has 0 amide bonds. The van der Waals surface area contributed by atoms with Crippen LogP contribution in [0, 0.1) is 5.82 Å². The summed E-state index contributed by atoms with van der Waals surface area (Å²) in [4.78, 5) is 20.8. The number of rotatable bonds is 6. The second-order valence-electron chi connectivity index (χ2n) is 5.86. The summed E-state index contributed by atoms with van der Waals surface area (Å²) >= 11 is 0. The molecule has 0 bridgehead atoms. The fraction of sp³-hybridized carbons (Fsp3) is 0.375. The van der Waals surface area contributed by atoms with Gasteiger partial charge in [0.2, 0.25) is 6.29 Å². The van der Waals surface area contributed by atoms with Crippen LogP contribution >= 0.6 is 0 Å². The van der Waals surface area contributed by atoms with Gasteiger partial charge in [-0.25, -0.2) is 19.5 Å². The number of ether oxygens (including phenoxy) is 1. The van der Waals surface area contributed by atoms with E-state index in [9.17, 15) is 24.5 Å². The number of nitrogens with one attached hydrogen (secondary N) is 1. The summed E-state index contributed by atoms with van der Waals surface area (Å²) < 4.78 is 19.1. The lowest BCUT2D eigenvalue weighted by molar-refractivity contribution is -0.0785. The fourth-order valence-electron chi connectivity index (χ4n) is 2.58. The highest BCUT2D eigenvalue weighted by Gasteiger charge is 2.43. The first-order valence-corrected chi connectivity index (χ1v) is 7.97. The average molecular weight is 383 g/mol. The predicted octanol–water partition coefficient (Wildman–Crippen LogP) is -0.972. The van der Waals surface area contributed by atoms with E-state index in [2.05, 4.69) is 10.5 Å². The van der Waals surface area contributed by atoms with Crippen LogP contribution < -0.4 is 11.2 Å². The van der Waals surface area contributed by atoms with E-state index in [1.807, 2.05) is 0 Å². The zero-order valence-electron chi connectivity index (χ0n) is 13.8. The van der Waals surface area contributed by atoms with Gasteiger partial charge < -0.3 is 25.2 Å². The van der Waals surface area contributed by atoms with Crippen molar-refractivity contribution in [3.8, 4) is 0 Å². The zero-order chi connectivity index (χ0) is 19.6. The molecule has 0 radical (unpaired) electrons. The molecular weight excluding hydrogens is 365 g/mol. The first-order chi connectivity index (χ1) is 12.9. The lowest BCUT2D eigenvalue weighted by Crippen LogP contribution is -2.36. The lowest BCUT2D eigenvalue weighted by atomic mass is 10.1. The highest BCUT2D eigenvalue weighted by molar-refractivity contribution is 5.29. The van der Waals surface area contributed by atoms with Crippen LogP contribution in [0.1, 0.15) is 18.1 Å². The summed E-state index contributed by atoms with van der Waals surface area (Å²) in [5, 5.41) is 38.7. The van der Waals surface area contributed by atoms with E-state index >= 15 is 0 Å². The molecule has 0 spiro atoms. The molecule has 146 valence electrons. The van der Waals surface area contributed by atoms with E-state index in [0.717, 1.165) is 16.7 Å². The average Bonchev–Trinajstić information content (AvgIpc) is 2.95. The van der Waals surface area contributed by atoms with Crippen LogP contribution in [-0.2, 0) is 9.57 Å². The Morgan fingerprint density at radius 3 is 2.56 bits per heavy atom. The van der Waals surface area contributed by atoms with Crippen LogP contribution in [0.15, 0.2) is 41.3 Å². The van der Waals surface area contributed by atoms with Crippen molar-refractivity contribution >= 4 is 5.82 Å². The molecule has 0 aliphatic carbocycles. The van der Waals surface area contributed by atoms with E-state index in [0.29, 0.717) is 0 Å². The summed E-state index contributed by atoms with van der Waals surface area (Å²) in [7, 11) is 0. The summed E-state index contributed by atoms with van der Waals surface area (Å²) in [6.07, 6.45) is -5.20. The molecule has 0 saturated carbocycles. The van der Waals surface area contributed by atoms with E-state index < -0.39 is 48.9 Å². The monoisotopic (exact) mass is 383 g/mol. The van der Waals surface area contributed by atoms with Gasteiger partial charge in [-0.1, -0.05) is 12.1 Å². The van der Waals surface area contributed by atoms with Crippen LogP contribution in [0.3, 0.4) is 0 Å². The molecule has 5 atom stereocenters. The van der Waals surface area contributed by atoms with Gasteiger partial charge in [0.25, 0.3) is 0 Å². The van der Waals surface area contributed by atoms with Crippen molar-refractivity contribution in [2.24, 2.45) is 0 Å². The Morgan fingerprint density at radius 1 is 1.26 bits per heavy atom. The Hall–Kier alpha value is -2.41. The molecule has 2 aromatic rings. The normalized spacial score (nSPS) is 26.1. The maximum Gasteiger partial charge on any atom is 0.351 e. The molecular formula is C16H18FN3O7. The molecule has 1 aliphatic heterocycles. The Bertz CT molecular complexity index is 832. The van der Waals surface area contributed by atoms with E-state index in [1.54, 1.807) is 0 Å². The van der Waals surface area contributed by atoms with Gasteiger partial charge in [0.15, 0.2) is 12.0 Å². The van der Waals surface area contributed by atoms with Gasteiger partial charge in [0.1, 0.15) is 24.1 Å². The van der Waals surface area contributed by atoms with Crippen LogP contribution in [0.5, 0.6) is 0 Å². The Balaban J connectivity index is 1.66. The second-order valence-corrected chi connectivity index (χ2v) is 5.86. The fourth-order valence-corrected chi connectivity index (χ4v) is 2.58. The molecule has 2 heterocycles. The van der Waals surface area contributed by atoms with Gasteiger partial charge in [-0.2, -0.15) is 4.98 Å². The number of halogens is 1. The Labute approximate surface area is 152 Å². The number of hydrogen-bond acceptors (Lipinski definition) is 9. The number of aliphatic hydroxyl groups is 4. The quantitative estimate of drug-likeness (QED) is 0.314. The van der Waals surface area contributed by atoms with E-state index in [4.69, 9.17) is 14.7 Å². The molecule has 11 heteroatoms. The van der Waals surface area contributed by atoms with Crippen molar-refractivity contribution in [2.45, 2.75) is 30.8 Å². The predicted molar refractivity (Wildman–Crippen MR) is 87.6 cm³/mol. The van der Waals surface area contributed by atoms with Gasteiger partial charge in [-0.05, 0) is 18.2 Å². The number of aliphatic hydroxyl groups excluding tert-OH is 4. The van der Waals surface area contributed by atoms with Crippen molar-refractivity contribution in [1.82, 2.24) is 9.55 Å². The molecule has 5 N–H and O–H groups in total. The highest BCUT2D eigenvalue weighted by Crippen LogP contribution is 2.28. The van der Waals surface area contributed by atoms with E-state index in [1.165, 1.54) is 24.4 Å². The molecule has 1 saturated heterocycles. The highest BCUT2D eigenvalue weighted by atomic mass is 19.1. The molecule has 1 aromatic carbocycles. The molecule has 10 nitrogen and oxygen atoms in total. The minimum Gasteiger partial charge on any atom is -0.394 e. The lowest BCUT2D eigenvalue weighted by Gasteiger charge is -2.18. The van der Waals surface area contributed by atoms with Gasteiger partial charge in [-0.15, -0.1) is 0 Å². The van der Waals surface area contributed by atoms with Crippen LogP contribution in [0.25, 0.3) is 0 Å². The molecule has 1 fully saturated rings. The largest absolute Gasteiger partial charge is 0.394 e. The van der Waals surface area contributed by atoms with Crippen molar-refractivity contribution in [1.29, 1.82) is 0 Å². The SMILES string of the molecule is O=c1nc(NOC(O)c2ccc(F)cc2)ccn1[C@@H]1O[C@H](CO)[C@@H](O)[C@H]1O. The first kappa shape index (κ1) is 19.4.